The molecule has 0 bridgehead atoms. The molecule has 0 fully saturated rings. The zero-order valence-electron chi connectivity index (χ0n) is 11.5. The van der Waals surface area contributed by atoms with Gasteiger partial charge in [0.15, 0.2) is 0 Å². The van der Waals surface area contributed by atoms with Gasteiger partial charge in [-0.15, -0.1) is 0 Å². The van der Waals surface area contributed by atoms with Crippen LogP contribution in [-0.4, -0.2) is 13.1 Å². The Morgan fingerprint density at radius 3 is 2.38 bits per heavy atom. The Kier molecular flexibility index (Phi) is 5.23. The van der Waals surface area contributed by atoms with Crippen LogP contribution in [0, 0.1) is 0 Å². The van der Waals surface area contributed by atoms with Crippen molar-refractivity contribution in [1.29, 1.82) is 0 Å². The van der Waals surface area contributed by atoms with E-state index < -0.39 is 0 Å². The van der Waals surface area contributed by atoms with Crippen LogP contribution >= 0.6 is 11.6 Å². The van der Waals surface area contributed by atoms with Crippen LogP contribution in [0.2, 0.25) is 5.02 Å². The third kappa shape index (κ3) is 4.85. The lowest BCUT2D eigenvalue weighted by molar-refractivity contribution is 0.255. The van der Waals surface area contributed by atoms with Crippen molar-refractivity contribution in [3.63, 3.8) is 0 Å². The Labute approximate surface area is 128 Å². The molecule has 0 atom stereocenters. The van der Waals surface area contributed by atoms with E-state index in [9.17, 15) is 4.79 Å². The van der Waals surface area contributed by atoms with Gasteiger partial charge in [0.2, 0.25) is 0 Å². The quantitative estimate of drug-likeness (QED) is 0.891. The minimum Gasteiger partial charge on any atom is -0.497 e. The summed E-state index contributed by atoms with van der Waals surface area (Å²) in [7, 11) is 1.62. The number of carbonyl (C=O) groups excluding carboxylic acids is 1. The molecule has 0 aromatic heterocycles. The van der Waals surface area contributed by atoms with Crippen molar-refractivity contribution in [2.24, 2.45) is 0 Å². The predicted molar refractivity (Wildman–Crippen MR) is 85.6 cm³/mol. The molecule has 21 heavy (non-hydrogen) atoms. The van der Waals surface area contributed by atoms with E-state index in [1.165, 1.54) is 0 Å². The average Bonchev–Trinajstić information content (AvgIpc) is 2.50. The van der Waals surface area contributed by atoms with Crippen molar-refractivity contribution in [1.82, 2.24) is 5.32 Å². The third-order valence-electron chi connectivity index (χ3n) is 2.71. The average molecular weight is 303 g/mol. The number of ether oxygens (including phenoxy) is 1. The fraction of sp³-hybridized carbons (Fsp3) is 0.0625. The van der Waals surface area contributed by atoms with Crippen molar-refractivity contribution in [3.8, 4) is 5.75 Å². The van der Waals surface area contributed by atoms with Gasteiger partial charge in [-0.25, -0.2) is 4.79 Å². The summed E-state index contributed by atoms with van der Waals surface area (Å²) in [5.74, 6) is 0.792. The molecule has 108 valence electrons. The molecule has 0 aliphatic heterocycles. The second kappa shape index (κ2) is 7.36. The maximum absolute atomic E-state index is 11.7. The standard InChI is InChI=1S/C16H15ClN2O2/c1-21-15-8-2-12(3-9-15)10-11-18-16(20)19-14-6-4-13(17)5-7-14/h2-11H,1H3,(H2,18,19,20)/b11-10+. The van der Waals surface area contributed by atoms with Crippen molar-refractivity contribution in [2.45, 2.75) is 0 Å². The second-order valence-corrected chi connectivity index (χ2v) is 4.65. The zero-order valence-corrected chi connectivity index (χ0v) is 12.2. The summed E-state index contributed by atoms with van der Waals surface area (Å²) >= 11 is 5.77. The van der Waals surface area contributed by atoms with Gasteiger partial charge in [-0.2, -0.15) is 0 Å². The summed E-state index contributed by atoms with van der Waals surface area (Å²) in [6.45, 7) is 0. The van der Waals surface area contributed by atoms with E-state index in [4.69, 9.17) is 16.3 Å². The predicted octanol–water partition coefficient (Wildman–Crippen LogP) is 4.14. The van der Waals surface area contributed by atoms with E-state index in [-0.39, 0.29) is 6.03 Å². The smallest absolute Gasteiger partial charge is 0.323 e. The van der Waals surface area contributed by atoms with Gasteiger partial charge in [-0.1, -0.05) is 23.7 Å². The fourth-order valence-corrected chi connectivity index (χ4v) is 1.75. The van der Waals surface area contributed by atoms with Crippen molar-refractivity contribution < 1.29 is 9.53 Å². The molecule has 0 unspecified atom stereocenters. The molecule has 2 aromatic rings. The van der Waals surface area contributed by atoms with E-state index in [1.807, 2.05) is 24.3 Å². The van der Waals surface area contributed by atoms with E-state index in [0.29, 0.717) is 10.7 Å². The molecular formula is C16H15ClN2O2. The van der Waals surface area contributed by atoms with E-state index in [1.54, 1.807) is 43.7 Å². The Balaban J connectivity index is 1.85. The topological polar surface area (TPSA) is 50.4 Å². The van der Waals surface area contributed by atoms with Gasteiger partial charge in [-0.3, -0.25) is 0 Å². The molecular weight excluding hydrogens is 288 g/mol. The lowest BCUT2D eigenvalue weighted by atomic mass is 10.2. The highest BCUT2D eigenvalue weighted by atomic mass is 35.5. The Bertz CT molecular complexity index is 622. The number of anilines is 1. The van der Waals surface area contributed by atoms with Gasteiger partial charge in [0.05, 0.1) is 7.11 Å². The SMILES string of the molecule is COc1ccc(/C=C/NC(=O)Nc2ccc(Cl)cc2)cc1. The molecule has 2 amide bonds. The van der Waals surface area contributed by atoms with Crippen LogP contribution in [0.3, 0.4) is 0 Å². The minimum absolute atomic E-state index is 0.318. The molecule has 2 N–H and O–H groups in total. The summed E-state index contributed by atoms with van der Waals surface area (Å²) in [6.07, 6.45) is 3.37. The molecule has 0 radical (unpaired) electrons. The molecule has 0 aliphatic carbocycles. The summed E-state index contributed by atoms with van der Waals surface area (Å²) in [5, 5.41) is 5.95. The molecule has 0 heterocycles. The van der Waals surface area contributed by atoms with Gasteiger partial charge in [-0.05, 0) is 48.0 Å². The lowest BCUT2D eigenvalue weighted by Gasteiger charge is -2.04. The molecule has 0 saturated carbocycles. The summed E-state index contributed by atoms with van der Waals surface area (Å²) in [4.78, 5) is 11.7. The van der Waals surface area contributed by atoms with Gasteiger partial charge in [0.25, 0.3) is 0 Å². The van der Waals surface area contributed by atoms with Crippen LogP contribution in [0.1, 0.15) is 5.56 Å². The van der Waals surface area contributed by atoms with Crippen LogP contribution in [0.4, 0.5) is 10.5 Å². The van der Waals surface area contributed by atoms with Crippen molar-refractivity contribution in [2.75, 3.05) is 12.4 Å². The van der Waals surface area contributed by atoms with Crippen LogP contribution in [-0.2, 0) is 0 Å². The first-order valence-electron chi connectivity index (χ1n) is 6.31. The summed E-state index contributed by atoms with van der Waals surface area (Å²) in [5.41, 5.74) is 1.64. The monoisotopic (exact) mass is 302 g/mol. The summed E-state index contributed by atoms with van der Waals surface area (Å²) in [6, 6.07) is 14.1. The highest BCUT2D eigenvalue weighted by Gasteiger charge is 1.98. The van der Waals surface area contributed by atoms with Crippen LogP contribution in [0.25, 0.3) is 6.08 Å². The van der Waals surface area contributed by atoms with Gasteiger partial charge >= 0.3 is 6.03 Å². The number of benzene rings is 2. The van der Waals surface area contributed by atoms with Gasteiger partial charge in [0, 0.05) is 16.9 Å². The summed E-state index contributed by atoms with van der Waals surface area (Å²) < 4.78 is 5.07. The highest BCUT2D eigenvalue weighted by molar-refractivity contribution is 6.30. The Morgan fingerprint density at radius 2 is 1.76 bits per heavy atom. The minimum atomic E-state index is -0.318. The van der Waals surface area contributed by atoms with Gasteiger partial charge in [0.1, 0.15) is 5.75 Å². The van der Waals surface area contributed by atoms with Crippen LogP contribution in [0.15, 0.2) is 54.7 Å². The third-order valence-corrected chi connectivity index (χ3v) is 2.96. The van der Waals surface area contributed by atoms with E-state index >= 15 is 0 Å². The molecule has 0 aliphatic rings. The number of hydrogen-bond acceptors (Lipinski definition) is 2. The van der Waals surface area contributed by atoms with Crippen molar-refractivity contribution in [3.05, 3.63) is 65.3 Å². The Morgan fingerprint density at radius 1 is 1.10 bits per heavy atom. The molecule has 2 rings (SSSR count). The second-order valence-electron chi connectivity index (χ2n) is 4.21. The van der Waals surface area contributed by atoms with E-state index in [2.05, 4.69) is 10.6 Å². The van der Waals surface area contributed by atoms with Crippen LogP contribution in [0.5, 0.6) is 5.75 Å². The highest BCUT2D eigenvalue weighted by Crippen LogP contribution is 2.13. The largest absolute Gasteiger partial charge is 0.497 e. The molecule has 0 spiro atoms. The maximum Gasteiger partial charge on any atom is 0.323 e. The molecule has 0 saturated heterocycles. The number of carbonyl (C=O) groups is 1. The normalized spacial score (nSPS) is 10.4. The fourth-order valence-electron chi connectivity index (χ4n) is 1.63. The number of nitrogens with one attached hydrogen (secondary N) is 2. The molecule has 4 nitrogen and oxygen atoms in total. The first kappa shape index (κ1) is 14.9. The first-order valence-corrected chi connectivity index (χ1v) is 6.69. The number of rotatable bonds is 4. The van der Waals surface area contributed by atoms with Crippen molar-refractivity contribution >= 4 is 29.4 Å². The number of hydrogen-bond donors (Lipinski definition) is 2. The first-order chi connectivity index (χ1) is 10.2. The van der Waals surface area contributed by atoms with E-state index in [0.717, 1.165) is 11.3 Å². The molecule has 5 heteroatoms. The van der Waals surface area contributed by atoms with Crippen LogP contribution < -0.4 is 15.4 Å². The number of halogens is 1. The zero-order chi connectivity index (χ0) is 15.1. The maximum atomic E-state index is 11.7. The lowest BCUT2D eigenvalue weighted by Crippen LogP contribution is -2.23. The number of methoxy groups -OCH3 is 1. The Hall–Kier alpha value is -2.46. The number of urea groups is 1. The number of amides is 2. The molecule has 2 aromatic carbocycles. The van der Waals surface area contributed by atoms with Gasteiger partial charge < -0.3 is 15.4 Å².